The third-order valence-corrected chi connectivity index (χ3v) is 7.74. The number of aryl methyl sites for hydroxylation is 6. The van der Waals surface area contributed by atoms with Gasteiger partial charge in [0.2, 0.25) is 0 Å². The molecule has 2 aromatic rings. The molecular formula is C28H46Al2O2. The molecule has 0 bridgehead atoms. The van der Waals surface area contributed by atoms with Gasteiger partial charge in [0.05, 0.1) is 11.2 Å². The highest BCUT2D eigenvalue weighted by molar-refractivity contribution is 6.48. The maximum atomic E-state index is 6.16. The summed E-state index contributed by atoms with van der Waals surface area (Å²) in [6.45, 7) is 21.8. The standard InChI is InChI=1S/2C12H17O.4CH3.2Al/c2*1-8-6-9(2)11(10(3)7-8)12(4,5)13;;;;;;/h2*6-7H,1-5H3;4*1H3;;/q2*-1;;;;;2*+1. The van der Waals surface area contributed by atoms with Crippen molar-refractivity contribution >= 4 is 29.0 Å². The minimum Gasteiger partial charge on any atom is -0.493 e. The maximum absolute atomic E-state index is 6.16. The minimum atomic E-state index is -1.02. The first-order valence-electron chi connectivity index (χ1n) is 12.0. The fourth-order valence-corrected chi connectivity index (χ4v) is 8.15. The molecule has 0 heterocycles. The van der Waals surface area contributed by atoms with Crippen molar-refractivity contribution in [1.29, 1.82) is 0 Å². The molecule has 0 aromatic heterocycles. The molecule has 0 saturated heterocycles. The van der Waals surface area contributed by atoms with Crippen LogP contribution in [0.1, 0.15) is 72.2 Å². The molecule has 0 atom stereocenters. The zero-order valence-corrected chi connectivity index (χ0v) is 25.6. The van der Waals surface area contributed by atoms with E-state index in [4.69, 9.17) is 7.58 Å². The largest absolute Gasteiger partial charge is 0.493 e. The summed E-state index contributed by atoms with van der Waals surface area (Å²) >= 11 is -2.04. The summed E-state index contributed by atoms with van der Waals surface area (Å²) in [6.07, 6.45) is 0. The van der Waals surface area contributed by atoms with E-state index in [9.17, 15) is 0 Å². The van der Waals surface area contributed by atoms with E-state index in [1.807, 2.05) is 0 Å². The Hall–Kier alpha value is -0.575. The Morgan fingerprint density at radius 3 is 0.906 bits per heavy atom. The van der Waals surface area contributed by atoms with E-state index < -0.39 is 29.0 Å². The lowest BCUT2D eigenvalue weighted by Crippen LogP contribution is -2.29. The van der Waals surface area contributed by atoms with Crippen LogP contribution >= 0.6 is 0 Å². The predicted octanol–water partition coefficient (Wildman–Crippen LogP) is 8.23. The number of hydrogen-bond acceptors (Lipinski definition) is 2. The van der Waals surface area contributed by atoms with E-state index >= 15 is 0 Å². The molecule has 0 amide bonds. The summed E-state index contributed by atoms with van der Waals surface area (Å²) in [5, 5.41) is 0. The molecule has 0 fully saturated rings. The SMILES string of the molecule is Cc1cc(C)c(C(C)(C)[O][Al]([CH3])[CH3])c(C)c1.Cc1cc(C)c(C(C)(C)[O][Al]([CH3])[CH3])c(C)c1. The first-order chi connectivity index (χ1) is 14.5. The molecule has 0 aliphatic carbocycles. The Kier molecular flexibility index (Phi) is 10.8. The Morgan fingerprint density at radius 1 is 0.500 bits per heavy atom. The molecule has 0 unspecified atom stereocenters. The maximum Gasteiger partial charge on any atom is 0.454 e. The molecule has 176 valence electrons. The van der Waals surface area contributed by atoms with Gasteiger partial charge in [-0.25, -0.2) is 0 Å². The minimum absolute atomic E-state index is 0.151. The second kappa shape index (κ2) is 11.7. The van der Waals surface area contributed by atoms with Crippen LogP contribution in [0.4, 0.5) is 0 Å². The summed E-state index contributed by atoms with van der Waals surface area (Å²) in [6, 6.07) is 8.98. The molecule has 0 aliphatic rings. The molecule has 32 heavy (non-hydrogen) atoms. The lowest BCUT2D eigenvalue weighted by Gasteiger charge is -2.32. The van der Waals surface area contributed by atoms with Crippen molar-refractivity contribution in [1.82, 2.24) is 0 Å². The highest BCUT2D eigenvalue weighted by atomic mass is 27.2. The fraction of sp³-hybridized carbons (Fsp3) is 0.571. The Bertz CT molecular complexity index is 790. The molecule has 4 heteroatoms. The number of rotatable bonds is 6. The zero-order valence-electron chi connectivity index (χ0n) is 23.3. The highest BCUT2D eigenvalue weighted by Crippen LogP contribution is 2.33. The lowest BCUT2D eigenvalue weighted by atomic mass is 9.88. The van der Waals surface area contributed by atoms with Gasteiger partial charge in [-0.2, -0.15) is 0 Å². The molecule has 0 aliphatic heterocycles. The van der Waals surface area contributed by atoms with Crippen molar-refractivity contribution in [3.05, 3.63) is 68.8 Å². The zero-order chi connectivity index (χ0) is 25.0. The predicted molar refractivity (Wildman–Crippen MR) is 144 cm³/mol. The van der Waals surface area contributed by atoms with E-state index in [0.29, 0.717) is 0 Å². The van der Waals surface area contributed by atoms with Crippen LogP contribution in [0.3, 0.4) is 0 Å². The van der Waals surface area contributed by atoms with Gasteiger partial charge in [0.25, 0.3) is 0 Å². The van der Waals surface area contributed by atoms with Gasteiger partial charge in [0.1, 0.15) is 0 Å². The Morgan fingerprint density at radius 2 is 0.719 bits per heavy atom. The van der Waals surface area contributed by atoms with E-state index in [-0.39, 0.29) is 11.2 Å². The molecule has 0 N–H and O–H groups in total. The molecule has 2 rings (SSSR count). The van der Waals surface area contributed by atoms with Crippen LogP contribution in [-0.4, -0.2) is 29.0 Å². The number of benzene rings is 2. The van der Waals surface area contributed by atoms with Gasteiger partial charge in [-0.05, 0) is 103 Å². The third kappa shape index (κ3) is 8.33. The van der Waals surface area contributed by atoms with E-state index in [1.54, 1.807) is 0 Å². The van der Waals surface area contributed by atoms with E-state index in [1.165, 1.54) is 44.5 Å². The van der Waals surface area contributed by atoms with Gasteiger partial charge in [-0.1, -0.05) is 58.5 Å². The summed E-state index contributed by atoms with van der Waals surface area (Å²) in [5.41, 5.74) is 10.5. The van der Waals surface area contributed by atoms with Gasteiger partial charge in [0.15, 0.2) is 0 Å². The van der Waals surface area contributed by atoms with Crippen molar-refractivity contribution in [2.24, 2.45) is 0 Å². The summed E-state index contributed by atoms with van der Waals surface area (Å²) in [4.78, 5) is 0. The van der Waals surface area contributed by atoms with Crippen molar-refractivity contribution in [3.8, 4) is 0 Å². The topological polar surface area (TPSA) is 18.5 Å². The van der Waals surface area contributed by atoms with Crippen molar-refractivity contribution in [3.63, 3.8) is 0 Å². The quantitative estimate of drug-likeness (QED) is 0.398. The summed E-state index contributed by atoms with van der Waals surface area (Å²) in [5.74, 6) is 8.89. The van der Waals surface area contributed by atoms with Crippen LogP contribution in [-0.2, 0) is 18.8 Å². The van der Waals surface area contributed by atoms with Crippen molar-refractivity contribution < 1.29 is 7.58 Å². The van der Waals surface area contributed by atoms with Crippen molar-refractivity contribution in [2.45, 2.75) is 104 Å². The molecule has 2 nitrogen and oxygen atoms in total. The molecule has 2 aromatic carbocycles. The van der Waals surface area contributed by atoms with Crippen molar-refractivity contribution in [2.75, 3.05) is 0 Å². The van der Waals surface area contributed by atoms with Crippen LogP contribution in [0.15, 0.2) is 24.3 Å². The highest BCUT2D eigenvalue weighted by Gasteiger charge is 2.28. The van der Waals surface area contributed by atoms with E-state index in [2.05, 4.69) is 117 Å². The van der Waals surface area contributed by atoms with Gasteiger partial charge in [-0.15, -0.1) is 0 Å². The summed E-state index contributed by atoms with van der Waals surface area (Å²) in [7, 11) is 0. The van der Waals surface area contributed by atoms with Crippen LogP contribution in [0.2, 0.25) is 23.1 Å². The average molecular weight is 469 g/mol. The first-order valence-corrected chi connectivity index (χ1v) is 17.6. The first kappa shape index (κ1) is 29.5. The number of hydrogen-bond donors (Lipinski definition) is 0. The van der Waals surface area contributed by atoms with Crippen LogP contribution in [0.25, 0.3) is 0 Å². The Labute approximate surface area is 208 Å². The second-order valence-corrected chi connectivity index (χ2v) is 15.6. The van der Waals surface area contributed by atoms with Gasteiger partial charge in [0, 0.05) is 0 Å². The lowest BCUT2D eigenvalue weighted by molar-refractivity contribution is 0.107. The van der Waals surface area contributed by atoms with Gasteiger partial charge >= 0.3 is 29.0 Å². The molecule has 0 saturated carbocycles. The van der Waals surface area contributed by atoms with Crippen LogP contribution in [0.5, 0.6) is 0 Å². The fourth-order valence-electron chi connectivity index (χ4n) is 5.56. The monoisotopic (exact) mass is 468 g/mol. The van der Waals surface area contributed by atoms with Crippen LogP contribution in [0, 0.1) is 41.5 Å². The van der Waals surface area contributed by atoms with E-state index in [0.717, 1.165) is 0 Å². The summed E-state index contributed by atoms with van der Waals surface area (Å²) < 4.78 is 12.3. The van der Waals surface area contributed by atoms with Crippen LogP contribution < -0.4 is 0 Å². The average Bonchev–Trinajstić information content (AvgIpc) is 2.49. The smallest absolute Gasteiger partial charge is 0.454 e. The Balaban J connectivity index is 0.000000320. The molecule has 0 spiro atoms. The third-order valence-electron chi connectivity index (χ3n) is 5.62. The van der Waals surface area contributed by atoms with Gasteiger partial charge < -0.3 is 7.58 Å². The second-order valence-electron chi connectivity index (χ2n) is 10.9. The molecular weight excluding hydrogens is 422 g/mol. The normalized spacial score (nSPS) is 11.7. The molecule has 0 radical (unpaired) electrons. The van der Waals surface area contributed by atoms with Gasteiger partial charge in [-0.3, -0.25) is 0 Å².